The highest BCUT2D eigenvalue weighted by atomic mass is 15.3. The summed E-state index contributed by atoms with van der Waals surface area (Å²) in [6.45, 7) is 9.80. The minimum atomic E-state index is 0.674. The lowest BCUT2D eigenvalue weighted by molar-refractivity contribution is 0.0847. The Morgan fingerprint density at radius 3 is 2.65 bits per heavy atom. The van der Waals surface area contributed by atoms with E-state index in [-0.39, 0.29) is 0 Å². The van der Waals surface area contributed by atoms with Crippen molar-refractivity contribution in [2.45, 2.75) is 63.7 Å². The molecule has 2 heterocycles. The van der Waals surface area contributed by atoms with Gasteiger partial charge in [0.15, 0.2) is 0 Å². The van der Waals surface area contributed by atoms with Crippen molar-refractivity contribution >= 4 is 0 Å². The van der Waals surface area contributed by atoms with Crippen LogP contribution < -0.4 is 5.32 Å². The van der Waals surface area contributed by atoms with Gasteiger partial charge in [0, 0.05) is 50.3 Å². The predicted octanol–water partition coefficient (Wildman–Crippen LogP) is 1.30. The third kappa shape index (κ3) is 2.51. The molecule has 3 rings (SSSR count). The standard InChI is InChI=1S/C14H27N3/c1-3-12-8-15-11(2)9-17(12)14-6-7-16(10-14)13-4-5-13/h11-15H,3-10H2,1-2H3. The molecule has 3 fully saturated rings. The van der Waals surface area contributed by atoms with Crippen molar-refractivity contribution in [3.8, 4) is 0 Å². The van der Waals surface area contributed by atoms with E-state index in [1.807, 2.05) is 0 Å². The minimum absolute atomic E-state index is 0.674. The van der Waals surface area contributed by atoms with Gasteiger partial charge in [0.2, 0.25) is 0 Å². The quantitative estimate of drug-likeness (QED) is 0.798. The maximum atomic E-state index is 3.63. The van der Waals surface area contributed by atoms with Gasteiger partial charge in [0.1, 0.15) is 0 Å². The topological polar surface area (TPSA) is 18.5 Å². The molecule has 3 nitrogen and oxygen atoms in total. The highest BCUT2D eigenvalue weighted by Crippen LogP contribution is 2.32. The van der Waals surface area contributed by atoms with Crippen LogP contribution in [-0.4, -0.2) is 60.1 Å². The first-order chi connectivity index (χ1) is 8.28. The molecule has 0 aromatic carbocycles. The zero-order valence-corrected chi connectivity index (χ0v) is 11.4. The lowest BCUT2D eigenvalue weighted by Crippen LogP contribution is -2.58. The summed E-state index contributed by atoms with van der Waals surface area (Å²) >= 11 is 0. The lowest BCUT2D eigenvalue weighted by Gasteiger charge is -2.42. The Morgan fingerprint density at radius 2 is 1.94 bits per heavy atom. The zero-order valence-electron chi connectivity index (χ0n) is 11.4. The number of hydrogen-bond acceptors (Lipinski definition) is 3. The second-order valence-corrected chi connectivity index (χ2v) is 6.24. The molecule has 2 saturated heterocycles. The van der Waals surface area contributed by atoms with Crippen LogP contribution in [0.2, 0.25) is 0 Å². The largest absolute Gasteiger partial charge is 0.311 e. The van der Waals surface area contributed by atoms with E-state index in [0.29, 0.717) is 6.04 Å². The molecule has 0 spiro atoms. The molecule has 0 bridgehead atoms. The highest BCUT2D eigenvalue weighted by Gasteiger charge is 2.39. The first-order valence-electron chi connectivity index (χ1n) is 7.51. The van der Waals surface area contributed by atoms with Crippen LogP contribution in [0.3, 0.4) is 0 Å². The smallest absolute Gasteiger partial charge is 0.0239 e. The molecule has 0 radical (unpaired) electrons. The Balaban J connectivity index is 1.61. The van der Waals surface area contributed by atoms with Crippen molar-refractivity contribution < 1.29 is 0 Å². The van der Waals surface area contributed by atoms with Crippen molar-refractivity contribution in [1.29, 1.82) is 0 Å². The van der Waals surface area contributed by atoms with Crippen molar-refractivity contribution in [2.75, 3.05) is 26.2 Å². The van der Waals surface area contributed by atoms with Gasteiger partial charge in [-0.1, -0.05) is 6.92 Å². The lowest BCUT2D eigenvalue weighted by atomic mass is 10.0. The van der Waals surface area contributed by atoms with Gasteiger partial charge in [-0.15, -0.1) is 0 Å². The Bertz CT molecular complexity index is 264. The second-order valence-electron chi connectivity index (χ2n) is 6.24. The molecule has 2 aliphatic heterocycles. The van der Waals surface area contributed by atoms with E-state index in [0.717, 1.165) is 18.1 Å². The molecule has 1 N–H and O–H groups in total. The van der Waals surface area contributed by atoms with Gasteiger partial charge in [0.25, 0.3) is 0 Å². The van der Waals surface area contributed by atoms with Crippen LogP contribution in [0.15, 0.2) is 0 Å². The van der Waals surface area contributed by atoms with E-state index in [4.69, 9.17) is 0 Å². The van der Waals surface area contributed by atoms with Gasteiger partial charge >= 0.3 is 0 Å². The van der Waals surface area contributed by atoms with E-state index in [1.54, 1.807) is 0 Å². The van der Waals surface area contributed by atoms with Gasteiger partial charge in [-0.25, -0.2) is 0 Å². The number of likely N-dealkylation sites (tertiary alicyclic amines) is 1. The minimum Gasteiger partial charge on any atom is -0.311 e. The van der Waals surface area contributed by atoms with Gasteiger partial charge in [0.05, 0.1) is 0 Å². The maximum absolute atomic E-state index is 3.63. The van der Waals surface area contributed by atoms with Crippen LogP contribution in [0.4, 0.5) is 0 Å². The summed E-state index contributed by atoms with van der Waals surface area (Å²) in [7, 11) is 0. The van der Waals surface area contributed by atoms with E-state index >= 15 is 0 Å². The molecule has 0 amide bonds. The molecule has 17 heavy (non-hydrogen) atoms. The molecule has 1 aliphatic carbocycles. The van der Waals surface area contributed by atoms with E-state index in [1.165, 1.54) is 51.9 Å². The summed E-state index contributed by atoms with van der Waals surface area (Å²) in [5.41, 5.74) is 0. The van der Waals surface area contributed by atoms with Crippen LogP contribution in [0, 0.1) is 0 Å². The monoisotopic (exact) mass is 237 g/mol. The molecule has 3 aliphatic rings. The average molecular weight is 237 g/mol. The summed E-state index contributed by atoms with van der Waals surface area (Å²) in [6.07, 6.45) is 5.61. The third-order valence-corrected chi connectivity index (χ3v) is 4.85. The summed E-state index contributed by atoms with van der Waals surface area (Å²) in [6, 6.07) is 3.24. The molecule has 0 aromatic heterocycles. The maximum Gasteiger partial charge on any atom is 0.0239 e. The second kappa shape index (κ2) is 4.87. The number of hydrogen-bond donors (Lipinski definition) is 1. The molecular weight excluding hydrogens is 210 g/mol. The highest BCUT2D eigenvalue weighted by molar-refractivity contribution is 4.96. The Labute approximate surface area is 106 Å². The van der Waals surface area contributed by atoms with Gasteiger partial charge in [-0.05, 0) is 32.6 Å². The van der Waals surface area contributed by atoms with Crippen LogP contribution >= 0.6 is 0 Å². The van der Waals surface area contributed by atoms with Crippen molar-refractivity contribution in [1.82, 2.24) is 15.1 Å². The fourth-order valence-electron chi connectivity index (χ4n) is 3.62. The number of nitrogens with zero attached hydrogens (tertiary/aromatic N) is 2. The fourth-order valence-corrected chi connectivity index (χ4v) is 3.62. The number of rotatable bonds is 3. The normalized spacial score (nSPS) is 40.9. The predicted molar refractivity (Wildman–Crippen MR) is 71.2 cm³/mol. The summed E-state index contributed by atoms with van der Waals surface area (Å²) in [5, 5.41) is 3.63. The molecule has 3 unspecified atom stereocenters. The molecule has 3 heteroatoms. The SMILES string of the molecule is CCC1CNC(C)CN1C1CCN(C2CC2)C1. The van der Waals surface area contributed by atoms with E-state index < -0.39 is 0 Å². The molecule has 3 atom stereocenters. The number of nitrogens with one attached hydrogen (secondary N) is 1. The Hall–Kier alpha value is -0.120. The van der Waals surface area contributed by atoms with Gasteiger partial charge in [-0.2, -0.15) is 0 Å². The van der Waals surface area contributed by atoms with Crippen LogP contribution in [0.1, 0.15) is 39.5 Å². The first kappa shape index (κ1) is 11.9. The zero-order chi connectivity index (χ0) is 11.8. The van der Waals surface area contributed by atoms with E-state index in [2.05, 4.69) is 29.0 Å². The fraction of sp³-hybridized carbons (Fsp3) is 1.00. The van der Waals surface area contributed by atoms with Crippen LogP contribution in [0.5, 0.6) is 0 Å². The molecule has 0 aromatic rings. The Morgan fingerprint density at radius 1 is 1.12 bits per heavy atom. The van der Waals surface area contributed by atoms with Crippen molar-refractivity contribution in [3.63, 3.8) is 0 Å². The van der Waals surface area contributed by atoms with Crippen molar-refractivity contribution in [2.24, 2.45) is 0 Å². The average Bonchev–Trinajstić information content (AvgIpc) is 3.07. The van der Waals surface area contributed by atoms with Crippen molar-refractivity contribution in [3.05, 3.63) is 0 Å². The van der Waals surface area contributed by atoms with Crippen LogP contribution in [0.25, 0.3) is 0 Å². The summed E-state index contributed by atoms with van der Waals surface area (Å²) < 4.78 is 0. The first-order valence-corrected chi connectivity index (χ1v) is 7.51. The molecule has 98 valence electrons. The number of piperazine rings is 1. The summed E-state index contributed by atoms with van der Waals surface area (Å²) in [4.78, 5) is 5.55. The Kier molecular flexibility index (Phi) is 3.42. The van der Waals surface area contributed by atoms with E-state index in [9.17, 15) is 0 Å². The summed E-state index contributed by atoms with van der Waals surface area (Å²) in [5.74, 6) is 0. The van der Waals surface area contributed by atoms with Gasteiger partial charge < -0.3 is 5.32 Å². The third-order valence-electron chi connectivity index (χ3n) is 4.85. The molecule has 1 saturated carbocycles. The molecular formula is C14H27N3. The van der Waals surface area contributed by atoms with Gasteiger partial charge in [-0.3, -0.25) is 9.80 Å². The van der Waals surface area contributed by atoms with Crippen LogP contribution in [-0.2, 0) is 0 Å².